The Kier molecular flexibility index (Phi) is 5.56. The summed E-state index contributed by atoms with van der Waals surface area (Å²) in [6, 6.07) is 11.7. The lowest BCUT2D eigenvalue weighted by atomic mass is 10.1. The first kappa shape index (κ1) is 17.1. The molecule has 0 heterocycles. The fourth-order valence-corrected chi connectivity index (χ4v) is 1.87. The van der Waals surface area contributed by atoms with Gasteiger partial charge in [-0.15, -0.1) is 0 Å². The first-order valence-electron chi connectivity index (χ1n) is 6.93. The Hall–Kier alpha value is -3.29. The Balaban J connectivity index is 1.96. The van der Waals surface area contributed by atoms with Gasteiger partial charge < -0.3 is 4.74 Å². The standard InChI is InChI=1S/C16H14FN3O4/c1-11(12-6-2-3-7-13(12)17)18-19-16(21)10-24-15-9-5-4-8-14(15)20(22)23/h2-9H,10H2,1H3,(H,19,21)/b18-11-. The number of carbonyl (C=O) groups is 1. The van der Waals surface area contributed by atoms with Gasteiger partial charge in [0, 0.05) is 11.6 Å². The van der Waals surface area contributed by atoms with Crippen molar-refractivity contribution in [3.63, 3.8) is 0 Å². The molecule has 0 aliphatic heterocycles. The molecule has 0 aliphatic carbocycles. The minimum atomic E-state index is -0.621. The average Bonchev–Trinajstić information content (AvgIpc) is 2.58. The molecule has 0 atom stereocenters. The number of nitrogens with zero attached hydrogens (tertiary/aromatic N) is 2. The number of hydrogen-bond acceptors (Lipinski definition) is 5. The van der Waals surface area contributed by atoms with Crippen LogP contribution in [-0.4, -0.2) is 23.1 Å². The van der Waals surface area contributed by atoms with Crippen LogP contribution in [-0.2, 0) is 4.79 Å². The van der Waals surface area contributed by atoms with E-state index in [9.17, 15) is 19.3 Å². The van der Waals surface area contributed by atoms with Crippen LogP contribution in [0.25, 0.3) is 0 Å². The van der Waals surface area contributed by atoms with Crippen molar-refractivity contribution in [2.24, 2.45) is 5.10 Å². The smallest absolute Gasteiger partial charge is 0.310 e. The van der Waals surface area contributed by atoms with E-state index < -0.39 is 23.3 Å². The maximum atomic E-state index is 13.6. The highest BCUT2D eigenvalue weighted by atomic mass is 19.1. The topological polar surface area (TPSA) is 93.8 Å². The van der Waals surface area contributed by atoms with E-state index in [4.69, 9.17) is 4.74 Å². The Labute approximate surface area is 136 Å². The van der Waals surface area contributed by atoms with Crippen LogP contribution >= 0.6 is 0 Å². The number of ether oxygens (including phenoxy) is 1. The number of rotatable bonds is 6. The first-order valence-corrected chi connectivity index (χ1v) is 6.93. The summed E-state index contributed by atoms with van der Waals surface area (Å²) >= 11 is 0. The largest absolute Gasteiger partial charge is 0.477 e. The molecular formula is C16H14FN3O4. The Morgan fingerprint density at radius 2 is 1.92 bits per heavy atom. The molecule has 0 aromatic heterocycles. The number of carbonyl (C=O) groups excluding carboxylic acids is 1. The third kappa shape index (κ3) is 4.35. The van der Waals surface area contributed by atoms with E-state index in [1.54, 1.807) is 25.1 Å². The van der Waals surface area contributed by atoms with Crippen LogP contribution in [0.1, 0.15) is 12.5 Å². The molecule has 2 aromatic carbocycles. The zero-order chi connectivity index (χ0) is 17.5. The number of nitrogens with one attached hydrogen (secondary N) is 1. The van der Waals surface area contributed by atoms with Gasteiger partial charge in [0.1, 0.15) is 5.82 Å². The van der Waals surface area contributed by atoms with E-state index in [2.05, 4.69) is 10.5 Å². The lowest BCUT2D eigenvalue weighted by Gasteiger charge is -2.06. The highest BCUT2D eigenvalue weighted by molar-refractivity contribution is 5.99. The number of nitro groups is 1. The molecule has 2 rings (SSSR count). The van der Waals surface area contributed by atoms with Crippen molar-refractivity contribution < 1.29 is 18.8 Å². The maximum Gasteiger partial charge on any atom is 0.310 e. The SMILES string of the molecule is C/C(=N/NC(=O)COc1ccccc1[N+](=O)[O-])c1ccccc1F. The fraction of sp³-hybridized carbons (Fsp3) is 0.125. The highest BCUT2D eigenvalue weighted by Crippen LogP contribution is 2.25. The molecule has 0 saturated heterocycles. The van der Waals surface area contributed by atoms with Crippen molar-refractivity contribution in [2.75, 3.05) is 6.61 Å². The van der Waals surface area contributed by atoms with Crippen LogP contribution in [0.15, 0.2) is 53.6 Å². The third-order valence-electron chi connectivity index (χ3n) is 3.03. The first-order chi connectivity index (χ1) is 11.5. The number of halogens is 1. The van der Waals surface area contributed by atoms with E-state index >= 15 is 0 Å². The Morgan fingerprint density at radius 1 is 1.25 bits per heavy atom. The lowest BCUT2D eigenvalue weighted by Crippen LogP contribution is -2.25. The van der Waals surface area contributed by atoms with E-state index in [0.29, 0.717) is 0 Å². The zero-order valence-electron chi connectivity index (χ0n) is 12.7. The maximum absolute atomic E-state index is 13.6. The molecule has 0 radical (unpaired) electrons. The number of amides is 1. The van der Waals surface area contributed by atoms with Gasteiger partial charge in [-0.25, -0.2) is 9.82 Å². The van der Waals surface area contributed by atoms with Gasteiger partial charge in [0.05, 0.1) is 10.6 Å². The third-order valence-corrected chi connectivity index (χ3v) is 3.03. The summed E-state index contributed by atoms with van der Waals surface area (Å²) < 4.78 is 18.7. The molecule has 0 fully saturated rings. The van der Waals surface area contributed by atoms with Crippen molar-refractivity contribution in [1.82, 2.24) is 5.43 Å². The summed E-state index contributed by atoms with van der Waals surface area (Å²) in [7, 11) is 0. The summed E-state index contributed by atoms with van der Waals surface area (Å²) in [4.78, 5) is 21.9. The summed E-state index contributed by atoms with van der Waals surface area (Å²) in [5, 5.41) is 14.6. The number of para-hydroxylation sites is 2. The molecule has 1 amide bonds. The second-order valence-electron chi connectivity index (χ2n) is 4.73. The monoisotopic (exact) mass is 331 g/mol. The van der Waals surface area contributed by atoms with Gasteiger partial charge in [0.25, 0.3) is 5.91 Å². The van der Waals surface area contributed by atoms with E-state index in [1.165, 1.54) is 30.3 Å². The van der Waals surface area contributed by atoms with Gasteiger partial charge in [-0.3, -0.25) is 14.9 Å². The van der Waals surface area contributed by atoms with Gasteiger partial charge in [-0.2, -0.15) is 5.10 Å². The van der Waals surface area contributed by atoms with Crippen molar-refractivity contribution in [3.8, 4) is 5.75 Å². The van der Waals surface area contributed by atoms with E-state index in [-0.39, 0.29) is 22.7 Å². The second-order valence-corrected chi connectivity index (χ2v) is 4.73. The molecule has 0 unspecified atom stereocenters. The number of hydrogen-bond donors (Lipinski definition) is 1. The molecule has 7 nitrogen and oxygen atoms in total. The van der Waals surface area contributed by atoms with Crippen LogP contribution in [0, 0.1) is 15.9 Å². The quantitative estimate of drug-likeness (QED) is 0.500. The van der Waals surface area contributed by atoms with Gasteiger partial charge in [-0.05, 0) is 19.1 Å². The minimum Gasteiger partial charge on any atom is -0.477 e. The van der Waals surface area contributed by atoms with Gasteiger partial charge >= 0.3 is 5.69 Å². The predicted octanol–water partition coefficient (Wildman–Crippen LogP) is 2.65. The molecule has 0 saturated carbocycles. The second kappa shape index (κ2) is 7.82. The molecule has 2 aromatic rings. The van der Waals surface area contributed by atoms with Crippen molar-refractivity contribution in [2.45, 2.75) is 6.92 Å². The molecule has 0 bridgehead atoms. The summed E-state index contributed by atoms with van der Waals surface area (Å²) in [6.45, 7) is 1.08. The Morgan fingerprint density at radius 3 is 2.62 bits per heavy atom. The van der Waals surface area contributed by atoms with Gasteiger partial charge in [0.2, 0.25) is 0 Å². The van der Waals surface area contributed by atoms with Gasteiger partial charge in [-0.1, -0.05) is 30.3 Å². The summed E-state index contributed by atoms with van der Waals surface area (Å²) in [5.74, 6) is -1.10. The molecular weight excluding hydrogens is 317 g/mol. The normalized spacial score (nSPS) is 11.0. The van der Waals surface area contributed by atoms with Crippen LogP contribution in [0.4, 0.5) is 10.1 Å². The van der Waals surface area contributed by atoms with E-state index in [0.717, 1.165) is 0 Å². The van der Waals surface area contributed by atoms with Crippen LogP contribution < -0.4 is 10.2 Å². The van der Waals surface area contributed by atoms with Crippen LogP contribution in [0.3, 0.4) is 0 Å². The van der Waals surface area contributed by atoms with Crippen molar-refractivity contribution in [3.05, 3.63) is 70.0 Å². The summed E-state index contributed by atoms with van der Waals surface area (Å²) in [5.41, 5.74) is 2.52. The van der Waals surface area contributed by atoms with Crippen molar-refractivity contribution in [1.29, 1.82) is 0 Å². The average molecular weight is 331 g/mol. The highest BCUT2D eigenvalue weighted by Gasteiger charge is 2.14. The number of hydrazone groups is 1. The molecule has 1 N–H and O–H groups in total. The number of benzene rings is 2. The lowest BCUT2D eigenvalue weighted by molar-refractivity contribution is -0.385. The minimum absolute atomic E-state index is 0.0209. The Bertz CT molecular complexity index is 792. The predicted molar refractivity (Wildman–Crippen MR) is 85.3 cm³/mol. The van der Waals surface area contributed by atoms with E-state index in [1.807, 2.05) is 0 Å². The van der Waals surface area contributed by atoms with Crippen LogP contribution in [0.2, 0.25) is 0 Å². The zero-order valence-corrected chi connectivity index (χ0v) is 12.7. The van der Waals surface area contributed by atoms with Crippen molar-refractivity contribution >= 4 is 17.3 Å². The molecule has 124 valence electrons. The summed E-state index contributed by atoms with van der Waals surface area (Å²) in [6.07, 6.45) is 0. The number of nitro benzene ring substituents is 1. The van der Waals surface area contributed by atoms with Gasteiger partial charge in [0.15, 0.2) is 12.4 Å². The fourth-order valence-electron chi connectivity index (χ4n) is 1.87. The molecule has 0 spiro atoms. The molecule has 0 aliphatic rings. The molecule has 8 heteroatoms. The van der Waals surface area contributed by atoms with Crippen LogP contribution in [0.5, 0.6) is 5.75 Å². The molecule has 24 heavy (non-hydrogen) atoms.